The first kappa shape index (κ1) is 11.8. The van der Waals surface area contributed by atoms with Crippen LogP contribution in [0.15, 0.2) is 18.3 Å². The fraction of sp³-hybridized carbons (Fsp3) is 0.250. The van der Waals surface area contributed by atoms with Crippen molar-refractivity contribution < 1.29 is 4.74 Å². The molecular weight excluding hydrogens is 238 g/mol. The van der Waals surface area contributed by atoms with Gasteiger partial charge in [-0.25, -0.2) is 0 Å². The molecule has 0 bridgehead atoms. The second kappa shape index (κ2) is 4.30. The molecule has 2 rings (SSSR count). The number of hydrogen-bond acceptors (Lipinski definition) is 3. The summed E-state index contributed by atoms with van der Waals surface area (Å²) in [6.45, 7) is 3.88. The van der Waals surface area contributed by atoms with Crippen LogP contribution in [0.1, 0.15) is 11.1 Å². The van der Waals surface area contributed by atoms with E-state index in [1.807, 2.05) is 26.0 Å². The van der Waals surface area contributed by atoms with Crippen molar-refractivity contribution in [2.45, 2.75) is 13.8 Å². The number of aromatic nitrogens is 2. The van der Waals surface area contributed by atoms with Gasteiger partial charge in [0.15, 0.2) is 0 Å². The SMILES string of the molecule is Cc1cc(Cl)cc(C)c1Oc1nn(C)cc1N. The first-order valence-corrected chi connectivity index (χ1v) is 5.59. The summed E-state index contributed by atoms with van der Waals surface area (Å²) >= 11 is 5.96. The number of nitrogens with zero attached hydrogens (tertiary/aromatic N) is 2. The molecule has 1 aromatic heterocycles. The van der Waals surface area contributed by atoms with Crippen LogP contribution in [0.4, 0.5) is 5.69 Å². The molecule has 2 aromatic rings. The molecule has 1 heterocycles. The number of anilines is 1. The van der Waals surface area contributed by atoms with Crippen LogP contribution >= 0.6 is 11.6 Å². The number of nitrogens with two attached hydrogens (primary N) is 1. The number of benzene rings is 1. The topological polar surface area (TPSA) is 53.1 Å². The lowest BCUT2D eigenvalue weighted by atomic mass is 10.1. The molecule has 0 saturated carbocycles. The van der Waals surface area contributed by atoms with E-state index in [1.54, 1.807) is 17.9 Å². The van der Waals surface area contributed by atoms with E-state index in [4.69, 9.17) is 22.1 Å². The van der Waals surface area contributed by atoms with Crippen molar-refractivity contribution in [3.05, 3.63) is 34.5 Å². The highest BCUT2D eigenvalue weighted by atomic mass is 35.5. The Morgan fingerprint density at radius 2 is 1.88 bits per heavy atom. The highest BCUT2D eigenvalue weighted by Gasteiger charge is 2.11. The molecule has 2 N–H and O–H groups in total. The van der Waals surface area contributed by atoms with Crippen LogP contribution in [-0.2, 0) is 7.05 Å². The quantitative estimate of drug-likeness (QED) is 0.893. The average molecular weight is 252 g/mol. The van der Waals surface area contributed by atoms with Gasteiger partial charge in [-0.2, -0.15) is 0 Å². The minimum atomic E-state index is 0.418. The van der Waals surface area contributed by atoms with Gasteiger partial charge in [-0.05, 0) is 37.1 Å². The Morgan fingerprint density at radius 1 is 1.29 bits per heavy atom. The van der Waals surface area contributed by atoms with Gasteiger partial charge in [-0.15, -0.1) is 5.10 Å². The van der Waals surface area contributed by atoms with Gasteiger partial charge in [0.05, 0.1) is 6.20 Å². The maximum Gasteiger partial charge on any atom is 0.261 e. The standard InChI is InChI=1S/C12H14ClN3O/c1-7-4-9(13)5-8(2)11(7)17-12-10(14)6-16(3)15-12/h4-6H,14H2,1-3H3. The highest BCUT2D eigenvalue weighted by Crippen LogP contribution is 2.32. The van der Waals surface area contributed by atoms with Crippen molar-refractivity contribution in [2.24, 2.45) is 7.05 Å². The van der Waals surface area contributed by atoms with Gasteiger partial charge in [-0.3, -0.25) is 4.68 Å². The van der Waals surface area contributed by atoms with Crippen LogP contribution < -0.4 is 10.5 Å². The summed E-state index contributed by atoms with van der Waals surface area (Å²) in [6.07, 6.45) is 1.70. The molecule has 0 aliphatic rings. The minimum absolute atomic E-state index is 0.418. The van der Waals surface area contributed by atoms with E-state index < -0.39 is 0 Å². The summed E-state index contributed by atoms with van der Waals surface area (Å²) in [7, 11) is 1.80. The van der Waals surface area contributed by atoms with Gasteiger partial charge < -0.3 is 10.5 Å². The Morgan fingerprint density at radius 3 is 2.35 bits per heavy atom. The Hall–Kier alpha value is -1.68. The van der Waals surface area contributed by atoms with Crippen molar-refractivity contribution in [1.82, 2.24) is 9.78 Å². The maximum absolute atomic E-state index is 5.96. The van der Waals surface area contributed by atoms with E-state index in [-0.39, 0.29) is 0 Å². The number of nitrogen functional groups attached to an aromatic ring is 1. The third-order valence-electron chi connectivity index (χ3n) is 2.45. The van der Waals surface area contributed by atoms with E-state index >= 15 is 0 Å². The van der Waals surface area contributed by atoms with Crippen LogP contribution in [0.2, 0.25) is 5.02 Å². The van der Waals surface area contributed by atoms with Crippen LogP contribution in [0.25, 0.3) is 0 Å². The lowest BCUT2D eigenvalue weighted by molar-refractivity contribution is 0.449. The Kier molecular flexibility index (Phi) is 2.98. The summed E-state index contributed by atoms with van der Waals surface area (Å²) in [5.41, 5.74) is 8.22. The molecule has 0 fully saturated rings. The second-order valence-electron chi connectivity index (χ2n) is 4.03. The first-order valence-electron chi connectivity index (χ1n) is 5.21. The summed E-state index contributed by atoms with van der Waals surface area (Å²) in [5, 5.41) is 4.84. The fourth-order valence-electron chi connectivity index (χ4n) is 1.72. The molecule has 0 amide bonds. The molecule has 0 aliphatic carbocycles. The number of hydrogen-bond donors (Lipinski definition) is 1. The zero-order valence-electron chi connectivity index (χ0n) is 9.99. The maximum atomic E-state index is 5.96. The van der Waals surface area contributed by atoms with Crippen LogP contribution in [0, 0.1) is 13.8 Å². The highest BCUT2D eigenvalue weighted by molar-refractivity contribution is 6.30. The van der Waals surface area contributed by atoms with Crippen LogP contribution in [0.3, 0.4) is 0 Å². The average Bonchev–Trinajstić information content (AvgIpc) is 2.51. The number of aryl methyl sites for hydroxylation is 3. The van der Waals surface area contributed by atoms with Gasteiger partial charge >= 0.3 is 0 Å². The smallest absolute Gasteiger partial charge is 0.261 e. The van der Waals surface area contributed by atoms with Crippen molar-refractivity contribution in [3.63, 3.8) is 0 Å². The molecule has 1 aromatic carbocycles. The molecule has 4 nitrogen and oxygen atoms in total. The second-order valence-corrected chi connectivity index (χ2v) is 4.47. The van der Waals surface area contributed by atoms with Crippen molar-refractivity contribution in [3.8, 4) is 11.6 Å². The van der Waals surface area contributed by atoms with Crippen molar-refractivity contribution in [1.29, 1.82) is 0 Å². The minimum Gasteiger partial charge on any atom is -0.435 e. The van der Waals surface area contributed by atoms with Crippen molar-refractivity contribution in [2.75, 3.05) is 5.73 Å². The van der Waals surface area contributed by atoms with Crippen LogP contribution in [0.5, 0.6) is 11.6 Å². The van der Waals surface area contributed by atoms with Gasteiger partial charge in [-0.1, -0.05) is 11.6 Å². The summed E-state index contributed by atoms with van der Waals surface area (Å²) in [6, 6.07) is 3.70. The molecule has 17 heavy (non-hydrogen) atoms. The predicted molar refractivity (Wildman–Crippen MR) is 68.6 cm³/mol. The molecule has 0 unspecified atom stereocenters. The summed E-state index contributed by atoms with van der Waals surface area (Å²) < 4.78 is 7.35. The number of halogens is 1. The molecule has 0 saturated heterocycles. The molecule has 0 atom stereocenters. The summed E-state index contributed by atoms with van der Waals surface area (Å²) in [5.74, 6) is 1.17. The summed E-state index contributed by atoms with van der Waals surface area (Å²) in [4.78, 5) is 0. The lowest BCUT2D eigenvalue weighted by Crippen LogP contribution is -1.95. The Bertz CT molecular complexity index is 540. The zero-order valence-corrected chi connectivity index (χ0v) is 10.7. The molecular formula is C12H14ClN3O. The first-order chi connectivity index (χ1) is 7.97. The van der Waals surface area contributed by atoms with Gasteiger partial charge in [0.2, 0.25) is 0 Å². The molecule has 5 heteroatoms. The van der Waals surface area contributed by atoms with Gasteiger partial charge in [0, 0.05) is 12.1 Å². The molecule has 90 valence electrons. The monoisotopic (exact) mass is 251 g/mol. The van der Waals surface area contributed by atoms with Crippen LogP contribution in [-0.4, -0.2) is 9.78 Å². The third kappa shape index (κ3) is 2.36. The number of ether oxygens (including phenoxy) is 1. The van der Waals surface area contributed by atoms with Gasteiger partial charge in [0.1, 0.15) is 11.4 Å². The lowest BCUT2D eigenvalue weighted by Gasteiger charge is -2.10. The molecule has 0 aliphatic heterocycles. The van der Waals surface area contributed by atoms with E-state index in [0.29, 0.717) is 16.6 Å². The Balaban J connectivity index is 2.39. The van der Waals surface area contributed by atoms with E-state index in [0.717, 1.165) is 16.9 Å². The van der Waals surface area contributed by atoms with Crippen molar-refractivity contribution >= 4 is 17.3 Å². The zero-order chi connectivity index (χ0) is 12.6. The Labute approximate surface area is 105 Å². The molecule has 0 radical (unpaired) electrons. The largest absolute Gasteiger partial charge is 0.435 e. The third-order valence-corrected chi connectivity index (χ3v) is 2.66. The fourth-order valence-corrected chi connectivity index (χ4v) is 2.05. The normalized spacial score (nSPS) is 10.6. The van der Waals surface area contributed by atoms with Gasteiger partial charge in [0.25, 0.3) is 5.88 Å². The molecule has 0 spiro atoms. The number of rotatable bonds is 2. The van der Waals surface area contributed by atoms with E-state index in [2.05, 4.69) is 5.10 Å². The van der Waals surface area contributed by atoms with E-state index in [1.165, 1.54) is 0 Å². The predicted octanol–water partition coefficient (Wildman–Crippen LogP) is 3.06. The van der Waals surface area contributed by atoms with E-state index in [9.17, 15) is 0 Å².